The van der Waals surface area contributed by atoms with Crippen molar-refractivity contribution in [3.63, 3.8) is 0 Å². The van der Waals surface area contributed by atoms with Crippen molar-refractivity contribution in [2.75, 3.05) is 5.32 Å². The lowest BCUT2D eigenvalue weighted by atomic mass is 10.1. The molecule has 0 saturated heterocycles. The van der Waals surface area contributed by atoms with E-state index in [9.17, 15) is 4.79 Å². The minimum atomic E-state index is -0.573. The van der Waals surface area contributed by atoms with Gasteiger partial charge in [-0.15, -0.1) is 11.3 Å². The van der Waals surface area contributed by atoms with Crippen LogP contribution >= 0.6 is 11.3 Å². The number of anilines is 1. The fraction of sp³-hybridized carbons (Fsp3) is 0.375. The van der Waals surface area contributed by atoms with Gasteiger partial charge in [-0.05, 0) is 57.9 Å². The molecule has 5 heteroatoms. The van der Waals surface area contributed by atoms with Crippen LogP contribution in [0.5, 0.6) is 5.75 Å². The molecule has 1 N–H and O–H groups in total. The topological polar surface area (TPSA) is 51.2 Å². The molecule has 0 aliphatic carbocycles. The Balaban J connectivity index is 2.02. The lowest BCUT2D eigenvalue weighted by Crippen LogP contribution is -2.30. The summed E-state index contributed by atoms with van der Waals surface area (Å²) in [6, 6.07) is 5.92. The highest BCUT2D eigenvalue weighted by atomic mass is 32.1. The zero-order valence-electron chi connectivity index (χ0n) is 13.0. The molecule has 0 saturated carbocycles. The van der Waals surface area contributed by atoms with Crippen LogP contribution in [0, 0.1) is 27.7 Å². The molecule has 2 aromatic rings. The first-order valence-corrected chi connectivity index (χ1v) is 7.66. The highest BCUT2D eigenvalue weighted by Gasteiger charge is 2.17. The number of benzene rings is 1. The van der Waals surface area contributed by atoms with Gasteiger partial charge in [-0.3, -0.25) is 10.1 Å². The van der Waals surface area contributed by atoms with Gasteiger partial charge >= 0.3 is 0 Å². The number of hydrogen-bond acceptors (Lipinski definition) is 4. The van der Waals surface area contributed by atoms with Crippen molar-refractivity contribution in [1.29, 1.82) is 0 Å². The first-order chi connectivity index (χ1) is 9.85. The van der Waals surface area contributed by atoms with Crippen LogP contribution in [-0.4, -0.2) is 17.0 Å². The van der Waals surface area contributed by atoms with E-state index >= 15 is 0 Å². The van der Waals surface area contributed by atoms with Gasteiger partial charge in [0.25, 0.3) is 5.91 Å². The zero-order valence-corrected chi connectivity index (χ0v) is 13.8. The smallest absolute Gasteiger partial charge is 0.266 e. The molecule has 4 nitrogen and oxygen atoms in total. The molecule has 1 atom stereocenters. The second kappa shape index (κ2) is 6.26. The lowest BCUT2D eigenvalue weighted by molar-refractivity contribution is -0.122. The summed E-state index contributed by atoms with van der Waals surface area (Å²) in [5.41, 5.74) is 3.17. The summed E-state index contributed by atoms with van der Waals surface area (Å²) in [6.07, 6.45) is -0.573. The molecule has 0 bridgehead atoms. The largest absolute Gasteiger partial charge is 0.481 e. The molecule has 1 aromatic heterocycles. The van der Waals surface area contributed by atoms with E-state index in [1.807, 2.05) is 39.8 Å². The number of aromatic nitrogens is 1. The number of rotatable bonds is 4. The SMILES string of the molecule is Cc1cc(C)cc(OC(C)C(=O)Nc2nc(C)c(C)s2)c1. The fourth-order valence-corrected chi connectivity index (χ4v) is 2.81. The van der Waals surface area contributed by atoms with Gasteiger partial charge in [0.1, 0.15) is 5.75 Å². The quantitative estimate of drug-likeness (QED) is 0.935. The molecule has 2 rings (SSSR count). The van der Waals surface area contributed by atoms with Gasteiger partial charge in [0.15, 0.2) is 11.2 Å². The maximum Gasteiger partial charge on any atom is 0.266 e. The highest BCUT2D eigenvalue weighted by Crippen LogP contribution is 2.22. The Kier molecular flexibility index (Phi) is 4.63. The van der Waals surface area contributed by atoms with Crippen LogP contribution in [0.4, 0.5) is 5.13 Å². The van der Waals surface area contributed by atoms with Crippen molar-refractivity contribution in [3.05, 3.63) is 39.9 Å². The third kappa shape index (κ3) is 4.04. The molecule has 1 unspecified atom stereocenters. The number of aryl methyl sites for hydroxylation is 4. The number of nitrogens with zero attached hydrogens (tertiary/aromatic N) is 1. The molecular formula is C16H20N2O2S. The van der Waals surface area contributed by atoms with E-state index in [2.05, 4.69) is 16.4 Å². The Bertz CT molecular complexity index is 625. The number of ether oxygens (including phenoxy) is 1. The van der Waals surface area contributed by atoms with Crippen molar-refractivity contribution in [1.82, 2.24) is 4.98 Å². The number of amides is 1. The van der Waals surface area contributed by atoms with E-state index in [1.54, 1.807) is 6.92 Å². The van der Waals surface area contributed by atoms with E-state index in [1.165, 1.54) is 11.3 Å². The average molecular weight is 304 g/mol. The number of nitrogens with one attached hydrogen (secondary N) is 1. The van der Waals surface area contributed by atoms with Crippen LogP contribution < -0.4 is 10.1 Å². The van der Waals surface area contributed by atoms with Crippen molar-refractivity contribution in [2.45, 2.75) is 40.7 Å². The third-order valence-electron chi connectivity index (χ3n) is 3.14. The summed E-state index contributed by atoms with van der Waals surface area (Å²) in [5.74, 6) is 0.518. The van der Waals surface area contributed by atoms with E-state index in [4.69, 9.17) is 4.74 Å². The molecule has 1 amide bonds. The fourth-order valence-electron chi connectivity index (χ4n) is 1.99. The van der Waals surface area contributed by atoms with E-state index in [0.29, 0.717) is 10.9 Å². The first-order valence-electron chi connectivity index (χ1n) is 6.85. The lowest BCUT2D eigenvalue weighted by Gasteiger charge is -2.14. The van der Waals surface area contributed by atoms with Crippen molar-refractivity contribution in [3.8, 4) is 5.75 Å². The average Bonchev–Trinajstić information content (AvgIpc) is 2.66. The Morgan fingerprint density at radius 2 is 1.81 bits per heavy atom. The van der Waals surface area contributed by atoms with Gasteiger partial charge < -0.3 is 4.74 Å². The molecule has 0 fully saturated rings. The van der Waals surface area contributed by atoms with Gasteiger partial charge in [0, 0.05) is 4.88 Å². The molecule has 21 heavy (non-hydrogen) atoms. The maximum atomic E-state index is 12.1. The second-order valence-electron chi connectivity index (χ2n) is 5.23. The van der Waals surface area contributed by atoms with Crippen LogP contribution in [0.25, 0.3) is 0 Å². The molecule has 0 aliphatic rings. The van der Waals surface area contributed by atoms with Gasteiger partial charge in [-0.25, -0.2) is 4.98 Å². The second-order valence-corrected chi connectivity index (χ2v) is 6.44. The molecule has 0 aliphatic heterocycles. The number of carbonyl (C=O) groups is 1. The molecule has 1 heterocycles. The Labute approximate surface area is 129 Å². The summed E-state index contributed by atoms with van der Waals surface area (Å²) in [6.45, 7) is 9.66. The Morgan fingerprint density at radius 3 is 2.33 bits per heavy atom. The van der Waals surface area contributed by atoms with Crippen molar-refractivity contribution >= 4 is 22.4 Å². The minimum Gasteiger partial charge on any atom is -0.481 e. The number of carbonyl (C=O) groups excluding carboxylic acids is 1. The summed E-state index contributed by atoms with van der Waals surface area (Å²) < 4.78 is 5.71. The molecule has 112 valence electrons. The van der Waals surface area contributed by atoms with Crippen molar-refractivity contribution in [2.24, 2.45) is 0 Å². The molecular weight excluding hydrogens is 284 g/mol. The summed E-state index contributed by atoms with van der Waals surface area (Å²) in [4.78, 5) is 17.5. The number of hydrogen-bond donors (Lipinski definition) is 1. The van der Waals surface area contributed by atoms with Crippen LogP contribution in [0.1, 0.15) is 28.6 Å². The van der Waals surface area contributed by atoms with Gasteiger partial charge in [0.05, 0.1) is 5.69 Å². The van der Waals surface area contributed by atoms with Crippen LogP contribution in [0.3, 0.4) is 0 Å². The summed E-state index contributed by atoms with van der Waals surface area (Å²) in [7, 11) is 0. The molecule has 0 radical (unpaired) electrons. The van der Waals surface area contributed by atoms with Crippen LogP contribution in [0.15, 0.2) is 18.2 Å². The Hall–Kier alpha value is -1.88. The maximum absolute atomic E-state index is 12.1. The van der Waals surface area contributed by atoms with E-state index in [-0.39, 0.29) is 5.91 Å². The van der Waals surface area contributed by atoms with E-state index in [0.717, 1.165) is 21.7 Å². The zero-order chi connectivity index (χ0) is 15.6. The van der Waals surface area contributed by atoms with Crippen LogP contribution in [-0.2, 0) is 4.79 Å². The minimum absolute atomic E-state index is 0.192. The van der Waals surface area contributed by atoms with Gasteiger partial charge in [-0.2, -0.15) is 0 Å². The molecule has 0 spiro atoms. The predicted octanol–water partition coefficient (Wildman–Crippen LogP) is 3.78. The van der Waals surface area contributed by atoms with Crippen LogP contribution in [0.2, 0.25) is 0 Å². The van der Waals surface area contributed by atoms with Gasteiger partial charge in [0.2, 0.25) is 0 Å². The number of thiazole rings is 1. The normalized spacial score (nSPS) is 12.0. The predicted molar refractivity (Wildman–Crippen MR) is 86.2 cm³/mol. The standard InChI is InChI=1S/C16H20N2O2S/c1-9-6-10(2)8-14(7-9)20-12(4)15(19)18-16-17-11(3)13(5)21-16/h6-8,12H,1-5H3,(H,17,18,19). The first kappa shape index (κ1) is 15.5. The molecule has 1 aromatic carbocycles. The summed E-state index contributed by atoms with van der Waals surface area (Å²) >= 11 is 1.47. The summed E-state index contributed by atoms with van der Waals surface area (Å²) in [5, 5.41) is 3.41. The van der Waals surface area contributed by atoms with Gasteiger partial charge in [-0.1, -0.05) is 6.07 Å². The van der Waals surface area contributed by atoms with E-state index < -0.39 is 6.10 Å². The Morgan fingerprint density at radius 1 is 1.19 bits per heavy atom. The third-order valence-corrected chi connectivity index (χ3v) is 4.12. The monoisotopic (exact) mass is 304 g/mol. The highest BCUT2D eigenvalue weighted by molar-refractivity contribution is 7.15. The van der Waals surface area contributed by atoms with Crippen molar-refractivity contribution < 1.29 is 9.53 Å².